The summed E-state index contributed by atoms with van der Waals surface area (Å²) in [6, 6.07) is 18.5. The van der Waals surface area contributed by atoms with Gasteiger partial charge in [0.15, 0.2) is 11.5 Å². The number of para-hydroxylation sites is 1. The molecule has 0 aliphatic heterocycles. The van der Waals surface area contributed by atoms with Crippen LogP contribution in [-0.4, -0.2) is 34.9 Å². The average Bonchev–Trinajstić information content (AvgIpc) is 3.53. The number of aryl methyl sites for hydroxylation is 3. The van der Waals surface area contributed by atoms with E-state index in [9.17, 15) is 9.59 Å². The molecule has 1 unspecified atom stereocenters. The molecule has 4 heterocycles. The highest BCUT2D eigenvalue weighted by Gasteiger charge is 2.24. The van der Waals surface area contributed by atoms with Gasteiger partial charge in [0.05, 0.1) is 17.6 Å². The quantitative estimate of drug-likeness (QED) is 0.324. The predicted molar refractivity (Wildman–Crippen MR) is 153 cm³/mol. The number of rotatable bonds is 7. The van der Waals surface area contributed by atoms with Crippen LogP contribution < -0.4 is 16.6 Å². The molecule has 2 aromatic carbocycles. The number of pyridine rings is 1. The minimum absolute atomic E-state index is 0.0839. The first-order valence-electron chi connectivity index (χ1n) is 13.0. The van der Waals surface area contributed by atoms with E-state index < -0.39 is 11.9 Å². The molecule has 1 amide bonds. The standard InChI is InChI=1S/C30H28N8O2/c1-19(34-29(39)26-27(31)35-37-15-7-14-32-28(26)37)24-16-22-9-6-8-21(13-12-20-17-33-36(2)18-20)25(22)30(40)38(24)23-10-4-3-5-11-23/h3-11,14-19H,12-13H2,1-2H3,(H2,31,35)(H,34,39). The zero-order chi connectivity index (χ0) is 27.8. The summed E-state index contributed by atoms with van der Waals surface area (Å²) in [5.74, 6) is -0.336. The van der Waals surface area contributed by atoms with Crippen molar-refractivity contribution in [2.75, 3.05) is 5.73 Å². The fourth-order valence-electron chi connectivity index (χ4n) is 5.17. The van der Waals surface area contributed by atoms with Crippen LogP contribution in [0.25, 0.3) is 22.1 Å². The van der Waals surface area contributed by atoms with Crippen molar-refractivity contribution in [3.05, 3.63) is 118 Å². The molecule has 0 saturated carbocycles. The summed E-state index contributed by atoms with van der Waals surface area (Å²) in [6.07, 6.45) is 8.56. The molecule has 0 fully saturated rings. The molecule has 0 radical (unpaired) electrons. The topological polar surface area (TPSA) is 125 Å². The Bertz CT molecular complexity index is 1920. The van der Waals surface area contributed by atoms with Gasteiger partial charge >= 0.3 is 0 Å². The Hall–Kier alpha value is -5.25. The lowest BCUT2D eigenvalue weighted by molar-refractivity contribution is 0.0941. The molecular weight excluding hydrogens is 504 g/mol. The summed E-state index contributed by atoms with van der Waals surface area (Å²) in [4.78, 5) is 31.9. The SMILES string of the molecule is CC(NC(=O)c1c(N)nn2cccnc12)c1cc2cccc(CCc3cnn(C)c3)c2c(=O)n1-c1ccccc1. The van der Waals surface area contributed by atoms with Crippen LogP contribution in [0.15, 0.2) is 90.2 Å². The summed E-state index contributed by atoms with van der Waals surface area (Å²) in [7, 11) is 1.89. The van der Waals surface area contributed by atoms with Gasteiger partial charge in [0.25, 0.3) is 11.5 Å². The summed E-state index contributed by atoms with van der Waals surface area (Å²) in [6.45, 7) is 1.85. The normalized spacial score (nSPS) is 12.2. The summed E-state index contributed by atoms with van der Waals surface area (Å²) in [5.41, 5.74) is 9.93. The first-order chi connectivity index (χ1) is 19.4. The number of nitrogens with zero attached hydrogens (tertiary/aromatic N) is 6. The van der Waals surface area contributed by atoms with Gasteiger partial charge in [-0.3, -0.25) is 18.8 Å². The van der Waals surface area contributed by atoms with Gasteiger partial charge in [-0.25, -0.2) is 9.50 Å². The molecule has 0 bridgehead atoms. The van der Waals surface area contributed by atoms with E-state index in [-0.39, 0.29) is 16.9 Å². The number of nitrogens with one attached hydrogen (secondary N) is 1. The molecule has 200 valence electrons. The summed E-state index contributed by atoms with van der Waals surface area (Å²) < 4.78 is 4.93. The van der Waals surface area contributed by atoms with Crippen LogP contribution in [0.1, 0.15) is 40.1 Å². The highest BCUT2D eigenvalue weighted by Crippen LogP contribution is 2.25. The Labute approximate surface area is 229 Å². The number of carbonyl (C=O) groups excluding carboxylic acids is 1. The number of benzene rings is 2. The molecule has 0 aliphatic carbocycles. The van der Waals surface area contributed by atoms with Crippen molar-refractivity contribution in [1.29, 1.82) is 0 Å². The van der Waals surface area contributed by atoms with Gasteiger partial charge in [0.1, 0.15) is 5.56 Å². The Morgan fingerprint density at radius 2 is 1.90 bits per heavy atom. The van der Waals surface area contributed by atoms with Crippen molar-refractivity contribution >= 4 is 28.1 Å². The van der Waals surface area contributed by atoms with Crippen molar-refractivity contribution in [3.8, 4) is 5.69 Å². The van der Waals surface area contributed by atoms with Crippen molar-refractivity contribution in [2.24, 2.45) is 7.05 Å². The van der Waals surface area contributed by atoms with Crippen LogP contribution in [0.3, 0.4) is 0 Å². The van der Waals surface area contributed by atoms with E-state index in [1.807, 2.05) is 81.0 Å². The highest BCUT2D eigenvalue weighted by atomic mass is 16.2. The average molecular weight is 533 g/mol. The third kappa shape index (κ3) is 4.49. The van der Waals surface area contributed by atoms with E-state index in [1.54, 1.807) is 27.7 Å². The molecule has 6 rings (SSSR count). The predicted octanol–water partition coefficient (Wildman–Crippen LogP) is 3.63. The fourth-order valence-corrected chi connectivity index (χ4v) is 5.17. The van der Waals surface area contributed by atoms with Crippen molar-refractivity contribution in [1.82, 2.24) is 34.3 Å². The minimum atomic E-state index is -0.540. The number of anilines is 1. The number of nitrogens with two attached hydrogens (primary N) is 1. The minimum Gasteiger partial charge on any atom is -0.381 e. The lowest BCUT2D eigenvalue weighted by Crippen LogP contribution is -2.32. The van der Waals surface area contributed by atoms with Gasteiger partial charge in [-0.05, 0) is 60.5 Å². The van der Waals surface area contributed by atoms with E-state index in [0.29, 0.717) is 28.8 Å². The zero-order valence-electron chi connectivity index (χ0n) is 22.2. The molecule has 1 atom stereocenters. The second-order valence-electron chi connectivity index (χ2n) is 9.79. The second kappa shape index (κ2) is 10.1. The van der Waals surface area contributed by atoms with Crippen molar-refractivity contribution in [2.45, 2.75) is 25.8 Å². The molecular formula is C30H28N8O2. The summed E-state index contributed by atoms with van der Waals surface area (Å²) >= 11 is 0. The first-order valence-corrected chi connectivity index (χ1v) is 13.0. The number of amides is 1. The van der Waals surface area contributed by atoms with Gasteiger partial charge in [0.2, 0.25) is 0 Å². The fraction of sp³-hybridized carbons (Fsp3) is 0.167. The Balaban J connectivity index is 1.43. The van der Waals surface area contributed by atoms with Crippen LogP contribution in [0.2, 0.25) is 0 Å². The lowest BCUT2D eigenvalue weighted by atomic mass is 9.99. The first kappa shape index (κ1) is 25.1. The second-order valence-corrected chi connectivity index (χ2v) is 9.79. The number of aromatic nitrogens is 6. The van der Waals surface area contributed by atoms with Gasteiger partial charge in [0, 0.05) is 37.0 Å². The monoisotopic (exact) mass is 532 g/mol. The van der Waals surface area contributed by atoms with Crippen LogP contribution in [0.5, 0.6) is 0 Å². The third-order valence-electron chi connectivity index (χ3n) is 7.06. The Morgan fingerprint density at radius 1 is 1.07 bits per heavy atom. The van der Waals surface area contributed by atoms with E-state index >= 15 is 0 Å². The smallest absolute Gasteiger partial charge is 0.263 e. The van der Waals surface area contributed by atoms with Crippen molar-refractivity contribution in [3.63, 3.8) is 0 Å². The Morgan fingerprint density at radius 3 is 2.67 bits per heavy atom. The molecule has 4 aromatic heterocycles. The highest BCUT2D eigenvalue weighted by molar-refractivity contribution is 6.04. The molecule has 6 aromatic rings. The van der Waals surface area contributed by atoms with E-state index in [1.165, 1.54) is 4.52 Å². The molecule has 0 saturated heterocycles. The largest absolute Gasteiger partial charge is 0.381 e. The van der Waals surface area contributed by atoms with E-state index in [4.69, 9.17) is 5.73 Å². The molecule has 40 heavy (non-hydrogen) atoms. The van der Waals surface area contributed by atoms with E-state index in [0.717, 1.165) is 22.9 Å². The van der Waals surface area contributed by atoms with Crippen LogP contribution in [0, 0.1) is 0 Å². The van der Waals surface area contributed by atoms with Crippen LogP contribution in [-0.2, 0) is 19.9 Å². The number of hydrogen-bond acceptors (Lipinski definition) is 6. The maximum atomic E-state index is 14.2. The molecule has 10 nitrogen and oxygen atoms in total. The lowest BCUT2D eigenvalue weighted by Gasteiger charge is -2.21. The number of nitrogen functional groups attached to an aromatic ring is 1. The van der Waals surface area contributed by atoms with E-state index in [2.05, 4.69) is 20.5 Å². The molecule has 0 spiro atoms. The third-order valence-corrected chi connectivity index (χ3v) is 7.06. The van der Waals surface area contributed by atoms with Crippen LogP contribution >= 0.6 is 0 Å². The van der Waals surface area contributed by atoms with Gasteiger partial charge in [-0.2, -0.15) is 5.10 Å². The molecule has 0 aliphatic rings. The molecule has 3 N–H and O–H groups in total. The van der Waals surface area contributed by atoms with Gasteiger partial charge in [-0.1, -0.05) is 36.4 Å². The molecule has 10 heteroatoms. The number of hydrogen-bond donors (Lipinski definition) is 2. The number of fused-ring (bicyclic) bond motifs is 2. The van der Waals surface area contributed by atoms with Gasteiger partial charge < -0.3 is 11.1 Å². The maximum absolute atomic E-state index is 14.2. The Kier molecular flexibility index (Phi) is 6.35. The summed E-state index contributed by atoms with van der Waals surface area (Å²) in [5, 5.41) is 12.9. The number of carbonyl (C=O) groups is 1. The zero-order valence-corrected chi connectivity index (χ0v) is 22.2. The van der Waals surface area contributed by atoms with Gasteiger partial charge in [-0.15, -0.1) is 5.10 Å². The van der Waals surface area contributed by atoms with Crippen LogP contribution in [0.4, 0.5) is 5.82 Å². The van der Waals surface area contributed by atoms with Crippen molar-refractivity contribution < 1.29 is 4.79 Å². The maximum Gasteiger partial charge on any atom is 0.263 e.